The molecule has 2 unspecified atom stereocenters. The van der Waals surface area contributed by atoms with Gasteiger partial charge in [0.05, 0.1) is 0 Å². The predicted octanol–water partition coefficient (Wildman–Crippen LogP) is 2.44. The quantitative estimate of drug-likeness (QED) is 0.678. The van der Waals surface area contributed by atoms with Crippen LogP contribution in [0.2, 0.25) is 5.54 Å². The van der Waals surface area contributed by atoms with Gasteiger partial charge in [-0.05, 0) is 12.3 Å². The average molecular weight is 218 g/mol. The van der Waals surface area contributed by atoms with E-state index in [2.05, 4.69) is 6.92 Å². The molecule has 3 nitrogen and oxygen atoms in total. The Morgan fingerprint density at radius 2 is 1.43 bits per heavy atom. The second kappa shape index (κ2) is 5.26. The van der Waals surface area contributed by atoms with Crippen LogP contribution in [0.4, 0.5) is 0 Å². The molecule has 0 aliphatic heterocycles. The van der Waals surface area contributed by atoms with Crippen LogP contribution in [0.3, 0.4) is 0 Å². The monoisotopic (exact) mass is 218 g/mol. The van der Waals surface area contributed by atoms with Crippen LogP contribution in [0.25, 0.3) is 0 Å². The molecule has 0 spiro atoms. The molecule has 0 aromatic rings. The molecule has 2 atom stereocenters. The van der Waals surface area contributed by atoms with Crippen LogP contribution >= 0.6 is 0 Å². The molecule has 1 fully saturated rings. The highest BCUT2D eigenvalue weighted by molar-refractivity contribution is 6.62. The van der Waals surface area contributed by atoms with Crippen molar-refractivity contribution in [3.8, 4) is 0 Å². The second-order valence-electron chi connectivity index (χ2n) is 4.08. The van der Waals surface area contributed by atoms with Crippen molar-refractivity contribution in [1.82, 2.24) is 0 Å². The van der Waals surface area contributed by atoms with Crippen molar-refractivity contribution in [3.63, 3.8) is 0 Å². The maximum Gasteiger partial charge on any atom is 0.503 e. The first-order chi connectivity index (χ1) is 6.70. The third-order valence-electron chi connectivity index (χ3n) is 3.42. The summed E-state index contributed by atoms with van der Waals surface area (Å²) in [6, 6.07) is 0. The first kappa shape index (κ1) is 12.2. The van der Waals surface area contributed by atoms with Crippen molar-refractivity contribution >= 4 is 8.80 Å². The molecule has 1 aliphatic carbocycles. The van der Waals surface area contributed by atoms with Gasteiger partial charge in [0.25, 0.3) is 0 Å². The van der Waals surface area contributed by atoms with E-state index < -0.39 is 8.80 Å². The van der Waals surface area contributed by atoms with Gasteiger partial charge in [-0.1, -0.05) is 26.2 Å². The molecule has 0 aromatic carbocycles. The summed E-state index contributed by atoms with van der Waals surface area (Å²) in [5.41, 5.74) is 0.483. The Balaban J connectivity index is 2.74. The molecule has 0 heterocycles. The van der Waals surface area contributed by atoms with E-state index in [1.54, 1.807) is 21.3 Å². The minimum absolute atomic E-state index is 0.483. The normalized spacial score (nSPS) is 29.1. The highest BCUT2D eigenvalue weighted by Crippen LogP contribution is 2.41. The summed E-state index contributed by atoms with van der Waals surface area (Å²) >= 11 is 0. The summed E-state index contributed by atoms with van der Waals surface area (Å²) in [6.45, 7) is 2.28. The minimum Gasteiger partial charge on any atom is -0.377 e. The highest BCUT2D eigenvalue weighted by Gasteiger charge is 2.49. The average Bonchev–Trinajstić information content (AvgIpc) is 2.24. The molecule has 0 bridgehead atoms. The zero-order valence-electron chi connectivity index (χ0n) is 9.71. The van der Waals surface area contributed by atoms with Gasteiger partial charge >= 0.3 is 8.80 Å². The zero-order chi connectivity index (χ0) is 10.6. The van der Waals surface area contributed by atoms with Crippen LogP contribution in [0.15, 0.2) is 0 Å². The minimum atomic E-state index is -2.38. The van der Waals surface area contributed by atoms with E-state index in [1.807, 2.05) is 0 Å². The Kier molecular flexibility index (Phi) is 4.57. The molecule has 84 valence electrons. The van der Waals surface area contributed by atoms with Crippen LogP contribution in [0.1, 0.15) is 32.6 Å². The lowest BCUT2D eigenvalue weighted by Gasteiger charge is -2.38. The van der Waals surface area contributed by atoms with E-state index >= 15 is 0 Å². The fourth-order valence-corrected chi connectivity index (χ4v) is 5.38. The van der Waals surface area contributed by atoms with Gasteiger partial charge in [0, 0.05) is 26.9 Å². The van der Waals surface area contributed by atoms with Gasteiger partial charge in [-0.25, -0.2) is 0 Å². The van der Waals surface area contributed by atoms with Gasteiger partial charge in [-0.2, -0.15) is 0 Å². The fraction of sp³-hybridized carbons (Fsp3) is 1.00. The van der Waals surface area contributed by atoms with Gasteiger partial charge in [0.1, 0.15) is 0 Å². The van der Waals surface area contributed by atoms with Crippen molar-refractivity contribution < 1.29 is 13.3 Å². The first-order valence-electron chi connectivity index (χ1n) is 5.35. The van der Waals surface area contributed by atoms with Crippen molar-refractivity contribution in [1.29, 1.82) is 0 Å². The number of hydrogen-bond donors (Lipinski definition) is 0. The Bertz CT molecular complexity index is 162. The van der Waals surface area contributed by atoms with Crippen LogP contribution in [0, 0.1) is 5.92 Å². The topological polar surface area (TPSA) is 27.7 Å². The van der Waals surface area contributed by atoms with Crippen LogP contribution < -0.4 is 0 Å². The molecule has 1 saturated carbocycles. The van der Waals surface area contributed by atoms with E-state index in [4.69, 9.17) is 13.3 Å². The van der Waals surface area contributed by atoms with E-state index in [-0.39, 0.29) is 0 Å². The predicted molar refractivity (Wildman–Crippen MR) is 58.2 cm³/mol. The Hall–Kier alpha value is 0.0969. The van der Waals surface area contributed by atoms with Gasteiger partial charge in [0.15, 0.2) is 0 Å². The van der Waals surface area contributed by atoms with Crippen molar-refractivity contribution in [2.75, 3.05) is 21.3 Å². The van der Waals surface area contributed by atoms with Crippen molar-refractivity contribution in [3.05, 3.63) is 0 Å². The van der Waals surface area contributed by atoms with E-state index in [9.17, 15) is 0 Å². The summed E-state index contributed by atoms with van der Waals surface area (Å²) < 4.78 is 16.6. The summed E-state index contributed by atoms with van der Waals surface area (Å²) in [4.78, 5) is 0. The van der Waals surface area contributed by atoms with Gasteiger partial charge in [0.2, 0.25) is 0 Å². The Morgan fingerprint density at radius 3 is 1.86 bits per heavy atom. The van der Waals surface area contributed by atoms with Gasteiger partial charge in [-0.15, -0.1) is 0 Å². The van der Waals surface area contributed by atoms with Gasteiger partial charge in [-0.3, -0.25) is 0 Å². The molecule has 0 radical (unpaired) electrons. The molecular formula is C10H22O3Si. The summed E-state index contributed by atoms with van der Waals surface area (Å²) in [5, 5.41) is 0. The lowest BCUT2D eigenvalue weighted by Crippen LogP contribution is -2.50. The molecule has 1 aliphatic rings. The second-order valence-corrected chi connectivity index (χ2v) is 7.26. The standard InChI is InChI=1S/C10H22O3Si/c1-9-7-5-6-8-10(9)14(11-2,12-3)13-4/h9-10H,5-8H2,1-4H3. The molecule has 0 N–H and O–H groups in total. The van der Waals surface area contributed by atoms with Gasteiger partial charge < -0.3 is 13.3 Å². The van der Waals surface area contributed by atoms with E-state index in [0.29, 0.717) is 11.5 Å². The molecular weight excluding hydrogens is 196 g/mol. The van der Waals surface area contributed by atoms with Crippen LogP contribution in [0.5, 0.6) is 0 Å². The van der Waals surface area contributed by atoms with E-state index in [0.717, 1.165) is 0 Å². The van der Waals surface area contributed by atoms with Crippen LogP contribution in [-0.4, -0.2) is 30.1 Å². The maximum atomic E-state index is 5.54. The molecule has 0 saturated heterocycles. The third kappa shape index (κ3) is 2.19. The molecule has 0 aromatic heterocycles. The first-order valence-corrected chi connectivity index (χ1v) is 7.16. The lowest BCUT2D eigenvalue weighted by molar-refractivity contribution is 0.0945. The summed E-state index contributed by atoms with van der Waals surface area (Å²) in [5.74, 6) is 0.662. The Labute approximate surface area is 88.1 Å². The number of hydrogen-bond acceptors (Lipinski definition) is 3. The number of rotatable bonds is 4. The highest BCUT2D eigenvalue weighted by atomic mass is 28.4. The summed E-state index contributed by atoms with van der Waals surface area (Å²) in [6.07, 6.45) is 5.07. The fourth-order valence-electron chi connectivity index (χ4n) is 2.55. The molecule has 0 amide bonds. The molecule has 4 heteroatoms. The summed E-state index contributed by atoms with van der Waals surface area (Å²) in [7, 11) is 2.75. The molecule has 1 rings (SSSR count). The Morgan fingerprint density at radius 1 is 0.929 bits per heavy atom. The van der Waals surface area contributed by atoms with Crippen LogP contribution in [-0.2, 0) is 13.3 Å². The van der Waals surface area contributed by atoms with E-state index in [1.165, 1.54) is 25.7 Å². The largest absolute Gasteiger partial charge is 0.503 e. The SMILES string of the molecule is CO[Si](OC)(OC)C1CCCCC1C. The third-order valence-corrected chi connectivity index (χ3v) is 6.89. The van der Waals surface area contributed by atoms with Crippen molar-refractivity contribution in [2.45, 2.75) is 38.1 Å². The van der Waals surface area contributed by atoms with Crippen molar-refractivity contribution in [2.24, 2.45) is 5.92 Å². The maximum absolute atomic E-state index is 5.54. The smallest absolute Gasteiger partial charge is 0.377 e. The molecule has 14 heavy (non-hydrogen) atoms. The zero-order valence-corrected chi connectivity index (χ0v) is 10.7. The lowest BCUT2D eigenvalue weighted by atomic mass is 9.90.